The summed E-state index contributed by atoms with van der Waals surface area (Å²) in [5.41, 5.74) is 0.0335. The van der Waals surface area contributed by atoms with Crippen LogP contribution in [-0.4, -0.2) is 38.3 Å². The van der Waals surface area contributed by atoms with Gasteiger partial charge in [-0.05, 0) is 49.2 Å². The molecule has 8 heteroatoms. The standard InChI is InChI=1S/C18H19FN2O4S/c1-25-13-8-10-14(11-9-13)26(23,24)21-12-4-7-17(21)18(22)20-16-6-3-2-5-15(16)19/h2-3,5-6,8-11,17H,4,7,12H2,1H3,(H,20,22). The number of ether oxygens (including phenoxy) is 1. The van der Waals surface area contributed by atoms with Gasteiger partial charge in [-0.15, -0.1) is 0 Å². The summed E-state index contributed by atoms with van der Waals surface area (Å²) in [5, 5.41) is 2.48. The average Bonchev–Trinajstić information content (AvgIpc) is 3.14. The number of hydrogen-bond acceptors (Lipinski definition) is 4. The van der Waals surface area contributed by atoms with Crippen molar-refractivity contribution in [3.8, 4) is 5.75 Å². The van der Waals surface area contributed by atoms with Crippen LogP contribution in [0.4, 0.5) is 10.1 Å². The molecule has 2 aromatic rings. The van der Waals surface area contributed by atoms with Crippen molar-refractivity contribution in [1.29, 1.82) is 0 Å². The fourth-order valence-corrected chi connectivity index (χ4v) is 4.61. The molecule has 1 unspecified atom stereocenters. The van der Waals surface area contributed by atoms with E-state index in [0.717, 1.165) is 0 Å². The number of hydrogen-bond donors (Lipinski definition) is 1. The fraction of sp³-hybridized carbons (Fsp3) is 0.278. The Hall–Kier alpha value is -2.45. The zero-order valence-corrected chi connectivity index (χ0v) is 15.0. The van der Waals surface area contributed by atoms with E-state index in [0.29, 0.717) is 18.6 Å². The number of carbonyl (C=O) groups excluding carboxylic acids is 1. The molecule has 1 fully saturated rings. The Labute approximate surface area is 151 Å². The third-order valence-corrected chi connectivity index (χ3v) is 6.23. The van der Waals surface area contributed by atoms with Crippen molar-refractivity contribution < 1.29 is 22.3 Å². The van der Waals surface area contributed by atoms with Crippen molar-refractivity contribution in [3.05, 3.63) is 54.3 Å². The molecule has 0 aliphatic carbocycles. The molecule has 2 aromatic carbocycles. The van der Waals surface area contributed by atoms with Crippen molar-refractivity contribution in [3.63, 3.8) is 0 Å². The molecule has 0 spiro atoms. The molecule has 1 saturated heterocycles. The van der Waals surface area contributed by atoms with Crippen LogP contribution in [0.15, 0.2) is 53.4 Å². The maximum atomic E-state index is 13.7. The predicted molar refractivity (Wildman–Crippen MR) is 94.9 cm³/mol. The normalized spacial score (nSPS) is 17.8. The van der Waals surface area contributed by atoms with Crippen LogP contribution in [0.1, 0.15) is 12.8 Å². The van der Waals surface area contributed by atoms with E-state index in [2.05, 4.69) is 5.32 Å². The topological polar surface area (TPSA) is 75.7 Å². The summed E-state index contributed by atoms with van der Waals surface area (Å²) < 4.78 is 45.8. The molecule has 1 aliphatic rings. The Morgan fingerprint density at radius 2 is 1.88 bits per heavy atom. The van der Waals surface area contributed by atoms with E-state index in [1.54, 1.807) is 18.2 Å². The number of nitrogens with one attached hydrogen (secondary N) is 1. The van der Waals surface area contributed by atoms with E-state index >= 15 is 0 Å². The maximum Gasteiger partial charge on any atom is 0.243 e. The van der Waals surface area contributed by atoms with Crippen molar-refractivity contribution in [1.82, 2.24) is 4.31 Å². The molecule has 26 heavy (non-hydrogen) atoms. The average molecular weight is 378 g/mol. The fourth-order valence-electron chi connectivity index (χ4n) is 2.95. The van der Waals surface area contributed by atoms with Gasteiger partial charge >= 0.3 is 0 Å². The lowest BCUT2D eigenvalue weighted by Gasteiger charge is -2.23. The van der Waals surface area contributed by atoms with Crippen LogP contribution in [0.25, 0.3) is 0 Å². The van der Waals surface area contributed by atoms with Gasteiger partial charge in [0, 0.05) is 6.54 Å². The lowest BCUT2D eigenvalue weighted by molar-refractivity contribution is -0.119. The molecule has 1 atom stereocenters. The first-order chi connectivity index (χ1) is 12.4. The monoisotopic (exact) mass is 378 g/mol. The molecule has 138 valence electrons. The Bertz CT molecular complexity index is 900. The summed E-state index contributed by atoms with van der Waals surface area (Å²) in [5.74, 6) is -0.563. The summed E-state index contributed by atoms with van der Waals surface area (Å²) in [4.78, 5) is 12.6. The third-order valence-electron chi connectivity index (χ3n) is 4.30. The van der Waals surface area contributed by atoms with Crippen molar-refractivity contribution >= 4 is 21.6 Å². The van der Waals surface area contributed by atoms with E-state index in [9.17, 15) is 17.6 Å². The smallest absolute Gasteiger partial charge is 0.243 e. The highest BCUT2D eigenvalue weighted by Gasteiger charge is 2.39. The van der Waals surface area contributed by atoms with Crippen LogP contribution >= 0.6 is 0 Å². The Morgan fingerprint density at radius 1 is 1.19 bits per heavy atom. The molecular weight excluding hydrogens is 359 g/mol. The maximum absolute atomic E-state index is 13.7. The molecule has 0 bridgehead atoms. The van der Waals surface area contributed by atoms with Gasteiger partial charge in [-0.25, -0.2) is 12.8 Å². The van der Waals surface area contributed by atoms with Crippen LogP contribution in [-0.2, 0) is 14.8 Å². The van der Waals surface area contributed by atoms with E-state index < -0.39 is 27.8 Å². The SMILES string of the molecule is COc1ccc(S(=O)(=O)N2CCCC2C(=O)Nc2ccccc2F)cc1. The van der Waals surface area contributed by atoms with Crippen LogP contribution in [0, 0.1) is 5.82 Å². The second-order valence-electron chi connectivity index (χ2n) is 5.92. The first kappa shape index (κ1) is 18.3. The van der Waals surface area contributed by atoms with E-state index in [1.807, 2.05) is 0 Å². The minimum Gasteiger partial charge on any atom is -0.497 e. The second kappa shape index (κ2) is 7.43. The molecule has 0 aromatic heterocycles. The predicted octanol–water partition coefficient (Wildman–Crippen LogP) is 2.63. The van der Waals surface area contributed by atoms with Crippen LogP contribution < -0.4 is 10.1 Å². The van der Waals surface area contributed by atoms with Crippen molar-refractivity contribution in [2.75, 3.05) is 19.0 Å². The van der Waals surface area contributed by atoms with Gasteiger partial charge < -0.3 is 10.1 Å². The lowest BCUT2D eigenvalue weighted by Crippen LogP contribution is -2.43. The number of anilines is 1. The van der Waals surface area contributed by atoms with Gasteiger partial charge in [0.1, 0.15) is 17.6 Å². The number of amides is 1. The van der Waals surface area contributed by atoms with E-state index in [-0.39, 0.29) is 17.1 Å². The molecule has 0 radical (unpaired) electrons. The Balaban J connectivity index is 1.82. The number of benzene rings is 2. The molecule has 1 N–H and O–H groups in total. The molecule has 1 aliphatic heterocycles. The van der Waals surface area contributed by atoms with Gasteiger partial charge in [-0.2, -0.15) is 4.31 Å². The molecule has 0 saturated carbocycles. The number of carbonyl (C=O) groups is 1. The zero-order valence-electron chi connectivity index (χ0n) is 14.2. The number of rotatable bonds is 5. The summed E-state index contributed by atoms with van der Waals surface area (Å²) in [6.45, 7) is 0.240. The number of sulfonamides is 1. The van der Waals surface area contributed by atoms with Gasteiger partial charge in [-0.1, -0.05) is 12.1 Å². The second-order valence-corrected chi connectivity index (χ2v) is 7.81. The van der Waals surface area contributed by atoms with E-state index in [4.69, 9.17) is 4.74 Å². The summed E-state index contributed by atoms with van der Waals surface area (Å²) in [6, 6.07) is 10.9. The lowest BCUT2D eigenvalue weighted by atomic mass is 10.2. The molecule has 1 heterocycles. The Kier molecular flexibility index (Phi) is 5.24. The molecule has 3 rings (SSSR count). The van der Waals surface area contributed by atoms with Crippen LogP contribution in [0.5, 0.6) is 5.75 Å². The highest BCUT2D eigenvalue weighted by atomic mass is 32.2. The van der Waals surface area contributed by atoms with E-state index in [1.165, 1.54) is 41.7 Å². The highest BCUT2D eigenvalue weighted by Crippen LogP contribution is 2.28. The number of methoxy groups -OCH3 is 1. The largest absolute Gasteiger partial charge is 0.497 e. The van der Waals surface area contributed by atoms with Gasteiger partial charge in [0.2, 0.25) is 15.9 Å². The summed E-state index contributed by atoms with van der Waals surface area (Å²) in [7, 11) is -2.34. The summed E-state index contributed by atoms with van der Waals surface area (Å²) in [6.07, 6.45) is 0.945. The number of para-hydroxylation sites is 1. The van der Waals surface area contributed by atoms with Gasteiger partial charge in [-0.3, -0.25) is 4.79 Å². The molecule has 1 amide bonds. The van der Waals surface area contributed by atoms with Crippen molar-refractivity contribution in [2.45, 2.75) is 23.8 Å². The van der Waals surface area contributed by atoms with Crippen LogP contribution in [0.3, 0.4) is 0 Å². The highest BCUT2D eigenvalue weighted by molar-refractivity contribution is 7.89. The van der Waals surface area contributed by atoms with Gasteiger partial charge in [0.05, 0.1) is 17.7 Å². The zero-order chi connectivity index (χ0) is 18.7. The quantitative estimate of drug-likeness (QED) is 0.868. The first-order valence-corrected chi connectivity index (χ1v) is 9.59. The minimum absolute atomic E-state index is 0.0335. The molecule has 6 nitrogen and oxygen atoms in total. The Morgan fingerprint density at radius 3 is 2.54 bits per heavy atom. The van der Waals surface area contributed by atoms with Gasteiger partial charge in [0.15, 0.2) is 0 Å². The summed E-state index contributed by atoms with van der Waals surface area (Å²) >= 11 is 0. The number of nitrogens with zero attached hydrogens (tertiary/aromatic N) is 1. The number of halogens is 1. The minimum atomic E-state index is -3.84. The van der Waals surface area contributed by atoms with Crippen molar-refractivity contribution in [2.24, 2.45) is 0 Å². The van der Waals surface area contributed by atoms with Gasteiger partial charge in [0.25, 0.3) is 0 Å². The van der Waals surface area contributed by atoms with Crippen LogP contribution in [0.2, 0.25) is 0 Å². The first-order valence-electron chi connectivity index (χ1n) is 8.15. The third kappa shape index (κ3) is 3.56. The molecular formula is C18H19FN2O4S.